The second-order valence-corrected chi connectivity index (χ2v) is 12.6. The number of nitrogens with zero attached hydrogens (tertiary/aromatic N) is 2. The van der Waals surface area contributed by atoms with E-state index in [9.17, 15) is 14.7 Å². The molecule has 4 rings (SSSR count). The van der Waals surface area contributed by atoms with Crippen LogP contribution in [0.15, 0.2) is 48.5 Å². The number of hydrogen-bond donors (Lipinski definition) is 1. The van der Waals surface area contributed by atoms with E-state index < -0.39 is 11.4 Å². The van der Waals surface area contributed by atoms with E-state index in [-0.39, 0.29) is 35.9 Å². The maximum atomic E-state index is 14.3. The normalized spacial score (nSPS) is 26.8. The molecule has 2 aliphatic heterocycles. The summed E-state index contributed by atoms with van der Waals surface area (Å²) in [6, 6.07) is 14.9. The molecule has 0 radical (unpaired) electrons. The van der Waals surface area contributed by atoms with Crippen molar-refractivity contribution in [1.29, 1.82) is 0 Å². The summed E-state index contributed by atoms with van der Waals surface area (Å²) in [5, 5.41) is 11.0. The van der Waals surface area contributed by atoms with Gasteiger partial charge in [-0.3, -0.25) is 14.5 Å². The van der Waals surface area contributed by atoms with E-state index in [1.54, 1.807) is 6.92 Å². The summed E-state index contributed by atoms with van der Waals surface area (Å²) in [7, 11) is 0. The molecule has 206 valence electrons. The molecule has 0 saturated carbocycles. The van der Waals surface area contributed by atoms with Gasteiger partial charge >= 0.3 is 5.97 Å². The summed E-state index contributed by atoms with van der Waals surface area (Å²) in [4.78, 5) is 30.6. The van der Waals surface area contributed by atoms with Gasteiger partial charge in [-0.15, -0.1) is 0 Å². The molecule has 1 amide bonds. The van der Waals surface area contributed by atoms with Crippen molar-refractivity contribution >= 4 is 35.1 Å². The number of carboxylic acids is 1. The number of likely N-dealkylation sites (tertiary alicyclic amines) is 1. The number of rotatable bonds is 8. The van der Waals surface area contributed by atoms with Crippen LogP contribution in [0.25, 0.3) is 0 Å². The van der Waals surface area contributed by atoms with E-state index in [0.717, 1.165) is 30.6 Å². The fourth-order valence-corrected chi connectivity index (χ4v) is 6.47. The highest BCUT2D eigenvalue weighted by molar-refractivity contribution is 6.30. The zero-order valence-corrected chi connectivity index (χ0v) is 24.1. The predicted octanol–water partition coefficient (Wildman–Crippen LogP) is 6.42. The number of carboxylic acid groups (broad SMARTS) is 1. The van der Waals surface area contributed by atoms with Gasteiger partial charge < -0.3 is 14.7 Å². The molecule has 1 N–H and O–H groups in total. The van der Waals surface area contributed by atoms with Gasteiger partial charge in [0.25, 0.3) is 0 Å². The number of aliphatic carboxylic acids is 1. The van der Waals surface area contributed by atoms with Crippen LogP contribution in [0.2, 0.25) is 10.0 Å². The van der Waals surface area contributed by atoms with Crippen LogP contribution < -0.4 is 0 Å². The van der Waals surface area contributed by atoms with Gasteiger partial charge in [-0.05, 0) is 69.0 Å². The van der Waals surface area contributed by atoms with Gasteiger partial charge in [0.1, 0.15) is 0 Å². The summed E-state index contributed by atoms with van der Waals surface area (Å²) in [6.45, 7) is 11.3. The van der Waals surface area contributed by atoms with Crippen LogP contribution in [0.5, 0.6) is 0 Å². The summed E-state index contributed by atoms with van der Waals surface area (Å²) >= 11 is 12.7. The lowest BCUT2D eigenvalue weighted by Gasteiger charge is -2.52. The third-order valence-electron chi connectivity index (χ3n) is 8.24. The Bertz CT molecular complexity index is 1160. The second kappa shape index (κ2) is 11.5. The molecule has 38 heavy (non-hydrogen) atoms. The quantitative estimate of drug-likeness (QED) is 0.403. The molecule has 2 saturated heterocycles. The minimum Gasteiger partial charge on any atom is -0.481 e. The Morgan fingerprint density at radius 3 is 2.45 bits per heavy atom. The van der Waals surface area contributed by atoms with Crippen molar-refractivity contribution < 1.29 is 19.4 Å². The van der Waals surface area contributed by atoms with Gasteiger partial charge in [0, 0.05) is 40.6 Å². The molecular weight excluding hydrogens is 523 g/mol. The van der Waals surface area contributed by atoms with E-state index in [4.69, 9.17) is 27.9 Å². The highest BCUT2D eigenvalue weighted by atomic mass is 35.5. The van der Waals surface area contributed by atoms with E-state index in [1.807, 2.05) is 53.4 Å². The summed E-state index contributed by atoms with van der Waals surface area (Å²) in [6.07, 6.45) is 0.937. The van der Waals surface area contributed by atoms with Crippen molar-refractivity contribution in [2.75, 3.05) is 26.3 Å². The van der Waals surface area contributed by atoms with Crippen molar-refractivity contribution in [3.63, 3.8) is 0 Å². The van der Waals surface area contributed by atoms with Crippen LogP contribution in [0.4, 0.5) is 0 Å². The number of amides is 1. The van der Waals surface area contributed by atoms with Crippen molar-refractivity contribution in [1.82, 2.24) is 9.80 Å². The lowest BCUT2D eigenvalue weighted by atomic mass is 9.67. The zero-order chi connectivity index (χ0) is 27.7. The first-order chi connectivity index (χ1) is 17.9. The molecule has 0 aliphatic carbocycles. The van der Waals surface area contributed by atoms with Crippen molar-refractivity contribution in [2.24, 2.45) is 5.41 Å². The molecule has 0 aromatic heterocycles. The van der Waals surface area contributed by atoms with Crippen molar-refractivity contribution in [3.8, 4) is 0 Å². The zero-order valence-electron chi connectivity index (χ0n) is 22.6. The highest BCUT2D eigenvalue weighted by Crippen LogP contribution is 2.52. The predicted molar refractivity (Wildman–Crippen MR) is 151 cm³/mol. The maximum absolute atomic E-state index is 14.3. The average Bonchev–Trinajstić information content (AvgIpc) is 2.84. The third kappa shape index (κ3) is 6.20. The Kier molecular flexibility index (Phi) is 8.78. The Morgan fingerprint density at radius 2 is 1.82 bits per heavy atom. The molecule has 2 aromatic rings. The maximum Gasteiger partial charge on any atom is 0.304 e. The third-order valence-corrected chi connectivity index (χ3v) is 8.73. The lowest BCUT2D eigenvalue weighted by molar-refractivity contribution is -0.160. The number of piperidine rings is 1. The monoisotopic (exact) mass is 560 g/mol. The molecule has 0 bridgehead atoms. The fourth-order valence-electron chi connectivity index (χ4n) is 6.15. The Hall–Kier alpha value is -2.12. The highest BCUT2D eigenvalue weighted by Gasteiger charge is 2.52. The molecule has 2 aliphatic rings. The molecule has 2 heterocycles. The summed E-state index contributed by atoms with van der Waals surface area (Å²) < 4.78 is 5.69. The van der Waals surface area contributed by atoms with Crippen molar-refractivity contribution in [3.05, 3.63) is 69.7 Å². The molecule has 4 unspecified atom stereocenters. The summed E-state index contributed by atoms with van der Waals surface area (Å²) in [5.74, 6) is -1.23. The molecule has 6 nitrogen and oxygen atoms in total. The minimum atomic E-state index is -1.05. The van der Waals surface area contributed by atoms with Crippen LogP contribution in [-0.4, -0.2) is 64.7 Å². The van der Waals surface area contributed by atoms with Gasteiger partial charge in [0.2, 0.25) is 5.91 Å². The van der Waals surface area contributed by atoms with Crippen LogP contribution in [0, 0.1) is 5.41 Å². The standard InChI is InChI=1S/C30H38Cl2N2O4/c1-20(12-13-33-14-15-38-19-29(33,2)3)34-27(21-8-10-23(31)11-9-21)25(22-6-5-7-24(32)16-22)17-30(4,28(34)37)18-26(35)36/h5-11,16,20,25,27H,12-15,17-19H2,1-4H3,(H,35,36). The Balaban J connectivity index is 1.76. The minimum absolute atomic E-state index is 0.0827. The van der Waals surface area contributed by atoms with Crippen LogP contribution in [-0.2, 0) is 14.3 Å². The number of benzene rings is 2. The number of carbonyl (C=O) groups is 2. The number of carbonyl (C=O) groups excluding carboxylic acids is 1. The second-order valence-electron chi connectivity index (χ2n) is 11.7. The van der Waals surface area contributed by atoms with Crippen LogP contribution in [0.1, 0.15) is 70.0 Å². The van der Waals surface area contributed by atoms with Gasteiger partial charge in [-0.25, -0.2) is 0 Å². The van der Waals surface area contributed by atoms with Gasteiger partial charge in [-0.1, -0.05) is 54.4 Å². The fraction of sp³-hybridized carbons (Fsp3) is 0.533. The first kappa shape index (κ1) is 28.9. The van der Waals surface area contributed by atoms with Gasteiger partial charge in [0.05, 0.1) is 31.1 Å². The first-order valence-corrected chi connectivity index (χ1v) is 14.1. The number of morpholine rings is 1. The smallest absolute Gasteiger partial charge is 0.304 e. The first-order valence-electron chi connectivity index (χ1n) is 13.3. The van der Waals surface area contributed by atoms with Gasteiger partial charge in [-0.2, -0.15) is 0 Å². The molecule has 8 heteroatoms. The largest absolute Gasteiger partial charge is 0.481 e. The average molecular weight is 562 g/mol. The topological polar surface area (TPSA) is 70.1 Å². The molecule has 4 atom stereocenters. The molecule has 2 fully saturated rings. The van der Waals surface area contributed by atoms with Crippen LogP contribution in [0.3, 0.4) is 0 Å². The van der Waals surface area contributed by atoms with Crippen LogP contribution >= 0.6 is 23.2 Å². The molecule has 0 spiro atoms. The Labute approximate surface area is 235 Å². The molecule has 2 aromatic carbocycles. The SMILES string of the molecule is CC(CCN1CCOCC1(C)C)N1C(=O)C(C)(CC(=O)O)CC(c2cccc(Cl)c2)C1c1ccc(Cl)cc1. The van der Waals surface area contributed by atoms with E-state index in [0.29, 0.717) is 29.7 Å². The van der Waals surface area contributed by atoms with E-state index in [2.05, 4.69) is 25.7 Å². The van der Waals surface area contributed by atoms with Gasteiger partial charge in [0.15, 0.2) is 0 Å². The summed E-state index contributed by atoms with van der Waals surface area (Å²) in [5.41, 5.74) is 0.839. The number of hydrogen-bond acceptors (Lipinski definition) is 4. The van der Waals surface area contributed by atoms with E-state index >= 15 is 0 Å². The lowest BCUT2D eigenvalue weighted by Crippen LogP contribution is -2.57. The number of ether oxygens (including phenoxy) is 1. The van der Waals surface area contributed by atoms with Crippen molar-refractivity contribution in [2.45, 2.75) is 70.5 Å². The number of halogens is 2. The van der Waals surface area contributed by atoms with E-state index in [1.165, 1.54) is 0 Å². The Morgan fingerprint density at radius 1 is 1.11 bits per heavy atom. The molecular formula is C30H38Cl2N2O4.